The Balaban J connectivity index is 2.28. The van der Waals surface area contributed by atoms with E-state index >= 15 is 0 Å². The Morgan fingerprint density at radius 3 is 2.32 bits per heavy atom. The van der Waals surface area contributed by atoms with Crippen LogP contribution in [0.4, 0.5) is 8.78 Å². The van der Waals surface area contributed by atoms with Crippen LogP contribution in [0.25, 0.3) is 0 Å². The Morgan fingerprint density at radius 2 is 1.89 bits per heavy atom. The van der Waals surface area contributed by atoms with E-state index in [1.807, 2.05) is 0 Å². The molecule has 0 atom stereocenters. The third-order valence-electron chi connectivity index (χ3n) is 2.51. The molecule has 1 aliphatic heterocycles. The van der Waals surface area contributed by atoms with Gasteiger partial charge in [-0.05, 0) is 30.7 Å². The molecule has 4 nitrogen and oxygen atoms in total. The summed E-state index contributed by atoms with van der Waals surface area (Å²) in [7, 11) is 0. The lowest BCUT2D eigenvalue weighted by molar-refractivity contribution is -0.213. The molecular weight excluding hydrogens is 282 g/mol. The van der Waals surface area contributed by atoms with Crippen LogP contribution < -0.4 is 9.47 Å². The van der Waals surface area contributed by atoms with E-state index in [0.717, 1.165) is 0 Å². The van der Waals surface area contributed by atoms with Crippen molar-refractivity contribution in [3.63, 3.8) is 0 Å². The molecule has 1 aliphatic rings. The molecule has 1 aromatic carbocycles. The molecule has 19 heavy (non-hydrogen) atoms. The Morgan fingerprint density at radius 1 is 1.37 bits per heavy atom. The Kier molecular flexibility index (Phi) is 3.54. The molecule has 0 saturated heterocycles. The second kappa shape index (κ2) is 4.85. The van der Waals surface area contributed by atoms with E-state index in [1.54, 1.807) is 19.1 Å². The minimum absolute atomic E-state index is 0.0652. The Bertz CT molecular complexity index is 462. The lowest BCUT2D eigenvalue weighted by Crippen LogP contribution is -2.53. The highest BCUT2D eigenvalue weighted by atomic mass is 35.5. The highest BCUT2D eigenvalue weighted by Crippen LogP contribution is 2.48. The zero-order chi connectivity index (χ0) is 14.1. The smallest absolute Gasteiger partial charge is 0.397 e. The van der Waals surface area contributed by atoms with Gasteiger partial charge in [0.2, 0.25) is 0 Å². The van der Waals surface area contributed by atoms with Gasteiger partial charge in [0.25, 0.3) is 0 Å². The number of carbonyl (C=O) groups is 1. The van der Waals surface area contributed by atoms with Gasteiger partial charge in [-0.1, -0.05) is 12.1 Å². The SMILES string of the molecule is CCOC(=O)CC1(C(F)(F)Cl)Oc2ccccc2O1. The molecule has 1 heterocycles. The van der Waals surface area contributed by atoms with Crippen LogP contribution in [0.1, 0.15) is 13.3 Å². The largest absolute Gasteiger partial charge is 0.466 e. The number of para-hydroxylation sites is 2. The van der Waals surface area contributed by atoms with Crippen LogP contribution in [-0.2, 0) is 9.53 Å². The van der Waals surface area contributed by atoms with Crippen molar-refractivity contribution in [2.75, 3.05) is 6.61 Å². The van der Waals surface area contributed by atoms with Crippen molar-refractivity contribution >= 4 is 17.6 Å². The molecule has 0 bridgehead atoms. The molecule has 0 radical (unpaired) electrons. The summed E-state index contributed by atoms with van der Waals surface area (Å²) in [5.41, 5.74) is 0. The fourth-order valence-corrected chi connectivity index (χ4v) is 1.83. The van der Waals surface area contributed by atoms with Crippen molar-refractivity contribution in [1.29, 1.82) is 0 Å². The van der Waals surface area contributed by atoms with Crippen LogP contribution in [0.3, 0.4) is 0 Å². The molecule has 0 fully saturated rings. The fraction of sp³-hybridized carbons (Fsp3) is 0.417. The number of rotatable bonds is 4. The number of carbonyl (C=O) groups excluding carboxylic acids is 1. The normalized spacial score (nSPS) is 16.2. The van der Waals surface area contributed by atoms with Crippen LogP contribution >= 0.6 is 11.6 Å². The van der Waals surface area contributed by atoms with Gasteiger partial charge in [0.15, 0.2) is 11.5 Å². The Labute approximate surface area is 113 Å². The van der Waals surface area contributed by atoms with Gasteiger partial charge in [-0.3, -0.25) is 4.79 Å². The summed E-state index contributed by atoms with van der Waals surface area (Å²) in [6.07, 6.45) is -0.813. The maximum Gasteiger partial charge on any atom is 0.397 e. The summed E-state index contributed by atoms with van der Waals surface area (Å²) < 4.78 is 41.9. The minimum atomic E-state index is -3.89. The average molecular weight is 293 g/mol. The van der Waals surface area contributed by atoms with Crippen LogP contribution in [0.5, 0.6) is 11.5 Å². The number of benzene rings is 1. The quantitative estimate of drug-likeness (QED) is 0.632. The molecule has 0 amide bonds. The second-order valence-corrected chi connectivity index (χ2v) is 4.36. The number of halogens is 3. The number of ether oxygens (including phenoxy) is 3. The van der Waals surface area contributed by atoms with Crippen LogP contribution in [-0.4, -0.2) is 23.7 Å². The monoisotopic (exact) mass is 292 g/mol. The number of fused-ring (bicyclic) bond motifs is 1. The highest BCUT2D eigenvalue weighted by molar-refractivity contribution is 6.22. The molecular formula is C12H11ClF2O4. The maximum atomic E-state index is 13.6. The molecule has 0 unspecified atom stereocenters. The predicted octanol–water partition coefficient (Wildman–Crippen LogP) is 2.94. The van der Waals surface area contributed by atoms with Gasteiger partial charge in [-0.15, -0.1) is 0 Å². The van der Waals surface area contributed by atoms with Crippen LogP contribution in [0.15, 0.2) is 24.3 Å². The first kappa shape index (κ1) is 13.9. The zero-order valence-electron chi connectivity index (χ0n) is 9.99. The van der Waals surface area contributed by atoms with E-state index in [9.17, 15) is 13.6 Å². The van der Waals surface area contributed by atoms with Crippen molar-refractivity contribution in [2.45, 2.75) is 24.5 Å². The summed E-state index contributed by atoms with van der Waals surface area (Å²) in [4.78, 5) is 11.4. The molecule has 0 aromatic heterocycles. The standard InChI is InChI=1S/C12H11ClF2O4/c1-2-17-10(16)7-11(12(13,14)15)18-8-5-3-4-6-9(8)19-11/h3-6H,2,7H2,1H3. The van der Waals surface area contributed by atoms with Crippen molar-refractivity contribution in [2.24, 2.45) is 0 Å². The van der Waals surface area contributed by atoms with E-state index in [-0.39, 0.29) is 18.1 Å². The van der Waals surface area contributed by atoms with E-state index in [4.69, 9.17) is 21.1 Å². The summed E-state index contributed by atoms with van der Waals surface area (Å²) >= 11 is 5.04. The predicted molar refractivity (Wildman–Crippen MR) is 62.5 cm³/mol. The molecule has 7 heteroatoms. The molecule has 0 aliphatic carbocycles. The maximum absolute atomic E-state index is 13.6. The molecule has 2 rings (SSSR count). The van der Waals surface area contributed by atoms with Gasteiger partial charge in [-0.25, -0.2) is 0 Å². The summed E-state index contributed by atoms with van der Waals surface area (Å²) in [6, 6.07) is 6.08. The molecule has 1 aromatic rings. The third-order valence-corrected chi connectivity index (χ3v) is 2.80. The zero-order valence-corrected chi connectivity index (χ0v) is 10.7. The first-order valence-corrected chi connectivity index (χ1v) is 5.95. The van der Waals surface area contributed by atoms with Crippen LogP contribution in [0.2, 0.25) is 0 Å². The van der Waals surface area contributed by atoms with E-state index < -0.39 is 23.6 Å². The van der Waals surface area contributed by atoms with Gasteiger partial charge in [0, 0.05) is 0 Å². The lowest BCUT2D eigenvalue weighted by atomic mass is 10.2. The van der Waals surface area contributed by atoms with E-state index in [0.29, 0.717) is 0 Å². The van der Waals surface area contributed by atoms with Crippen molar-refractivity contribution in [1.82, 2.24) is 0 Å². The number of alkyl halides is 3. The van der Waals surface area contributed by atoms with Crippen molar-refractivity contribution in [3.8, 4) is 11.5 Å². The first-order valence-electron chi connectivity index (χ1n) is 5.57. The fourth-order valence-electron chi connectivity index (χ4n) is 1.69. The highest BCUT2D eigenvalue weighted by Gasteiger charge is 2.62. The molecule has 0 spiro atoms. The number of hydrogen-bond donors (Lipinski definition) is 0. The van der Waals surface area contributed by atoms with Gasteiger partial charge in [-0.2, -0.15) is 8.78 Å². The minimum Gasteiger partial charge on any atom is -0.466 e. The summed E-state index contributed by atoms with van der Waals surface area (Å²) in [5, 5.41) is -3.89. The van der Waals surface area contributed by atoms with Crippen LogP contribution in [0, 0.1) is 0 Å². The second-order valence-electron chi connectivity index (χ2n) is 3.88. The van der Waals surface area contributed by atoms with E-state index in [2.05, 4.69) is 4.74 Å². The third kappa shape index (κ3) is 2.58. The topological polar surface area (TPSA) is 44.8 Å². The van der Waals surface area contributed by atoms with E-state index in [1.165, 1.54) is 12.1 Å². The number of hydrogen-bond acceptors (Lipinski definition) is 4. The van der Waals surface area contributed by atoms with Gasteiger partial charge < -0.3 is 14.2 Å². The first-order chi connectivity index (χ1) is 8.88. The summed E-state index contributed by atoms with van der Waals surface area (Å²) in [6.45, 7) is 1.63. The summed E-state index contributed by atoms with van der Waals surface area (Å²) in [5.74, 6) is -3.25. The van der Waals surface area contributed by atoms with Gasteiger partial charge >= 0.3 is 17.1 Å². The van der Waals surface area contributed by atoms with Crippen molar-refractivity contribution < 1.29 is 27.8 Å². The number of esters is 1. The lowest BCUT2D eigenvalue weighted by Gasteiger charge is -2.30. The Hall–Kier alpha value is -1.56. The van der Waals surface area contributed by atoms with Gasteiger partial charge in [0.05, 0.1) is 6.61 Å². The average Bonchev–Trinajstić information content (AvgIpc) is 2.67. The van der Waals surface area contributed by atoms with Crippen molar-refractivity contribution in [3.05, 3.63) is 24.3 Å². The molecule has 104 valence electrons. The molecule has 0 saturated carbocycles. The van der Waals surface area contributed by atoms with Gasteiger partial charge in [0.1, 0.15) is 6.42 Å². The molecule has 0 N–H and O–H groups in total.